The molecular weight excluding hydrogens is 339 g/mol. The number of benzene rings is 3. The smallest absolute Gasteiger partial charge is 0.258 e. The highest BCUT2D eigenvalue weighted by Gasteiger charge is 2.20. The Kier molecular flexibility index (Phi) is 6.20. The first kappa shape index (κ1) is 19.1. The minimum absolute atomic E-state index is 0.112. The summed E-state index contributed by atoms with van der Waals surface area (Å²) in [5, 5.41) is 2.13. The molecule has 4 heteroatoms. The average Bonchev–Trinajstić information content (AvgIpc) is 2.71. The van der Waals surface area contributed by atoms with Crippen LogP contribution in [0.4, 0.5) is 10.1 Å². The molecule has 3 aromatic carbocycles. The van der Waals surface area contributed by atoms with Crippen molar-refractivity contribution in [2.45, 2.75) is 13.8 Å². The van der Waals surface area contributed by atoms with Gasteiger partial charge in [0.05, 0.1) is 5.69 Å². The Morgan fingerprint density at radius 3 is 2.22 bits per heavy atom. The van der Waals surface area contributed by atoms with Crippen LogP contribution in [0, 0.1) is 5.82 Å². The van der Waals surface area contributed by atoms with Crippen molar-refractivity contribution in [1.82, 2.24) is 4.90 Å². The van der Waals surface area contributed by atoms with Crippen LogP contribution in [0.1, 0.15) is 24.2 Å². The summed E-state index contributed by atoms with van der Waals surface area (Å²) in [6, 6.07) is 19.8. The Morgan fingerprint density at radius 1 is 0.852 bits per heavy atom. The summed E-state index contributed by atoms with van der Waals surface area (Å²) in [4.78, 5) is 17.4. The maximum Gasteiger partial charge on any atom is 0.258 e. The molecule has 0 unspecified atom stereocenters. The summed E-state index contributed by atoms with van der Waals surface area (Å²) in [5.41, 5.74) is 1.37. The molecule has 0 N–H and O–H groups in total. The summed E-state index contributed by atoms with van der Waals surface area (Å²) >= 11 is 0. The van der Waals surface area contributed by atoms with Gasteiger partial charge in [-0.3, -0.25) is 4.79 Å². The molecule has 0 aliphatic carbocycles. The fraction of sp³-hybridized carbons (Fsp3) is 0.261. The molecule has 3 aromatic rings. The zero-order valence-corrected chi connectivity index (χ0v) is 15.9. The highest BCUT2D eigenvalue weighted by atomic mass is 19.1. The van der Waals surface area contributed by atoms with E-state index in [9.17, 15) is 9.18 Å². The first-order chi connectivity index (χ1) is 13.1. The van der Waals surface area contributed by atoms with Crippen molar-refractivity contribution in [2.24, 2.45) is 0 Å². The van der Waals surface area contributed by atoms with Gasteiger partial charge >= 0.3 is 0 Å². The molecule has 0 aliphatic rings. The number of likely N-dealkylation sites (N-methyl/N-ethyl adjacent to an activating group) is 1. The first-order valence-electron chi connectivity index (χ1n) is 9.41. The maximum absolute atomic E-state index is 13.3. The Morgan fingerprint density at radius 2 is 1.52 bits per heavy atom. The molecule has 0 aliphatic heterocycles. The van der Waals surface area contributed by atoms with Crippen molar-refractivity contribution >= 4 is 22.4 Å². The fourth-order valence-corrected chi connectivity index (χ4v) is 3.30. The fourth-order valence-electron chi connectivity index (χ4n) is 3.30. The molecule has 27 heavy (non-hydrogen) atoms. The van der Waals surface area contributed by atoms with Crippen molar-refractivity contribution in [1.29, 1.82) is 0 Å². The minimum Gasteiger partial charge on any atom is -0.306 e. The van der Waals surface area contributed by atoms with Gasteiger partial charge in [-0.05, 0) is 48.8 Å². The van der Waals surface area contributed by atoms with Gasteiger partial charge in [-0.2, -0.15) is 0 Å². The zero-order valence-electron chi connectivity index (χ0n) is 15.9. The van der Waals surface area contributed by atoms with Crippen molar-refractivity contribution in [2.75, 3.05) is 31.1 Å². The predicted molar refractivity (Wildman–Crippen MR) is 110 cm³/mol. The SMILES string of the molecule is CCN(CC)CCN(C(=O)c1ccc(F)cc1)c1cccc2ccccc12. The van der Waals surface area contributed by atoms with Crippen LogP contribution >= 0.6 is 0 Å². The van der Waals surface area contributed by atoms with Crippen LogP contribution in [-0.4, -0.2) is 37.0 Å². The molecule has 3 rings (SSSR count). The zero-order chi connectivity index (χ0) is 19.2. The van der Waals surface area contributed by atoms with Gasteiger partial charge in [0, 0.05) is 24.0 Å². The van der Waals surface area contributed by atoms with E-state index in [-0.39, 0.29) is 11.7 Å². The van der Waals surface area contributed by atoms with Gasteiger partial charge in [0.25, 0.3) is 5.91 Å². The van der Waals surface area contributed by atoms with Gasteiger partial charge in [0.15, 0.2) is 0 Å². The number of carbonyl (C=O) groups excluding carboxylic acids is 1. The van der Waals surface area contributed by atoms with Crippen molar-refractivity contribution in [3.63, 3.8) is 0 Å². The van der Waals surface area contributed by atoms with E-state index >= 15 is 0 Å². The third-order valence-electron chi connectivity index (χ3n) is 4.93. The van der Waals surface area contributed by atoms with Gasteiger partial charge in [0.1, 0.15) is 5.82 Å². The molecule has 0 spiro atoms. The van der Waals surface area contributed by atoms with E-state index in [2.05, 4.69) is 18.7 Å². The van der Waals surface area contributed by atoms with E-state index in [1.807, 2.05) is 47.4 Å². The normalized spacial score (nSPS) is 11.1. The molecule has 0 heterocycles. The summed E-state index contributed by atoms with van der Waals surface area (Å²) in [7, 11) is 0. The second-order valence-electron chi connectivity index (χ2n) is 6.49. The van der Waals surface area contributed by atoms with Crippen molar-refractivity contribution < 1.29 is 9.18 Å². The minimum atomic E-state index is -0.341. The monoisotopic (exact) mass is 364 g/mol. The summed E-state index contributed by atoms with van der Waals surface area (Å²) < 4.78 is 13.3. The van der Waals surface area contributed by atoms with E-state index in [1.165, 1.54) is 12.1 Å². The van der Waals surface area contributed by atoms with E-state index in [0.717, 1.165) is 36.1 Å². The third-order valence-corrected chi connectivity index (χ3v) is 4.93. The lowest BCUT2D eigenvalue weighted by Gasteiger charge is -2.28. The molecular formula is C23H25FN2O. The molecule has 0 radical (unpaired) electrons. The number of hydrogen-bond acceptors (Lipinski definition) is 2. The van der Waals surface area contributed by atoms with E-state index < -0.39 is 0 Å². The van der Waals surface area contributed by atoms with Crippen molar-refractivity contribution in [3.8, 4) is 0 Å². The van der Waals surface area contributed by atoms with Crippen LogP contribution in [0.25, 0.3) is 10.8 Å². The second-order valence-corrected chi connectivity index (χ2v) is 6.49. The summed E-state index contributed by atoms with van der Waals surface area (Å²) in [6.45, 7) is 7.46. The molecule has 3 nitrogen and oxygen atoms in total. The average molecular weight is 364 g/mol. The lowest BCUT2D eigenvalue weighted by Crippen LogP contribution is -2.39. The molecule has 0 aromatic heterocycles. The number of hydrogen-bond donors (Lipinski definition) is 0. The van der Waals surface area contributed by atoms with Crippen LogP contribution in [0.3, 0.4) is 0 Å². The maximum atomic E-state index is 13.3. The van der Waals surface area contributed by atoms with Crippen molar-refractivity contribution in [3.05, 3.63) is 78.1 Å². The highest BCUT2D eigenvalue weighted by Crippen LogP contribution is 2.28. The van der Waals surface area contributed by atoms with Crippen LogP contribution in [0.15, 0.2) is 66.7 Å². The molecule has 0 bridgehead atoms. The first-order valence-corrected chi connectivity index (χ1v) is 9.41. The van der Waals surface area contributed by atoms with E-state index in [1.54, 1.807) is 12.1 Å². The Bertz CT molecular complexity index is 898. The van der Waals surface area contributed by atoms with E-state index in [0.29, 0.717) is 12.1 Å². The lowest BCUT2D eigenvalue weighted by molar-refractivity contribution is 0.0984. The largest absolute Gasteiger partial charge is 0.306 e. The van der Waals surface area contributed by atoms with Gasteiger partial charge < -0.3 is 9.80 Å². The van der Waals surface area contributed by atoms with Crippen LogP contribution in [-0.2, 0) is 0 Å². The molecule has 0 saturated heterocycles. The quantitative estimate of drug-likeness (QED) is 0.591. The number of nitrogens with zero attached hydrogens (tertiary/aromatic N) is 2. The van der Waals surface area contributed by atoms with Crippen LogP contribution in [0.5, 0.6) is 0 Å². The topological polar surface area (TPSA) is 23.6 Å². The highest BCUT2D eigenvalue weighted by molar-refractivity contribution is 6.10. The Labute approximate surface area is 160 Å². The number of rotatable bonds is 7. The van der Waals surface area contributed by atoms with Crippen LogP contribution < -0.4 is 4.90 Å². The molecule has 0 saturated carbocycles. The van der Waals surface area contributed by atoms with Gasteiger partial charge in [-0.25, -0.2) is 4.39 Å². The number of amides is 1. The summed E-state index contributed by atoms with van der Waals surface area (Å²) in [5.74, 6) is -0.454. The lowest BCUT2D eigenvalue weighted by atomic mass is 10.1. The number of fused-ring (bicyclic) bond motifs is 1. The van der Waals surface area contributed by atoms with Crippen LogP contribution in [0.2, 0.25) is 0 Å². The Balaban J connectivity index is 2.00. The number of anilines is 1. The third kappa shape index (κ3) is 4.34. The van der Waals surface area contributed by atoms with Gasteiger partial charge in [-0.1, -0.05) is 50.2 Å². The number of carbonyl (C=O) groups is 1. The predicted octanol–water partition coefficient (Wildman–Crippen LogP) is 4.97. The molecule has 0 atom stereocenters. The van der Waals surface area contributed by atoms with Gasteiger partial charge in [0.2, 0.25) is 0 Å². The number of halogens is 1. The van der Waals surface area contributed by atoms with Gasteiger partial charge in [-0.15, -0.1) is 0 Å². The summed E-state index contributed by atoms with van der Waals surface area (Å²) in [6.07, 6.45) is 0. The van der Waals surface area contributed by atoms with E-state index in [4.69, 9.17) is 0 Å². The Hall–Kier alpha value is -2.72. The standard InChI is InChI=1S/C23H25FN2O/c1-3-25(4-2)16-17-26(23(27)19-12-14-20(24)15-13-19)22-11-7-9-18-8-5-6-10-21(18)22/h5-15H,3-4,16-17H2,1-2H3. The molecule has 0 fully saturated rings. The molecule has 1 amide bonds. The molecule has 140 valence electrons. The second kappa shape index (κ2) is 8.78.